The van der Waals surface area contributed by atoms with E-state index in [9.17, 15) is 4.79 Å². The number of likely N-dealkylation sites (N-methyl/N-ethyl adjacent to an activating group) is 1. The van der Waals surface area contributed by atoms with Gasteiger partial charge in [-0.3, -0.25) is 4.79 Å². The number of allylic oxidation sites excluding steroid dienone is 1. The Morgan fingerprint density at radius 1 is 1.35 bits per heavy atom. The second-order valence-corrected chi connectivity index (χ2v) is 9.41. The predicted molar refractivity (Wildman–Crippen MR) is 134 cm³/mol. The SMILES string of the molecule is CCN1CCNCc2cc(OC)c(Nc3ncc(Cl)c(N[C@H]4[C@@H](C(N)=O)[C@@H]5C=C[C@H]4C5)n3)cc21. The Hall–Kier alpha value is -3.04. The van der Waals surface area contributed by atoms with Gasteiger partial charge in [-0.1, -0.05) is 23.8 Å². The smallest absolute Gasteiger partial charge is 0.229 e. The second kappa shape index (κ2) is 9.31. The maximum atomic E-state index is 12.1. The van der Waals surface area contributed by atoms with Gasteiger partial charge in [0.05, 0.1) is 24.9 Å². The van der Waals surface area contributed by atoms with Crippen molar-refractivity contribution in [3.05, 3.63) is 41.1 Å². The molecule has 1 aliphatic heterocycles. The first-order valence-electron chi connectivity index (χ1n) is 11.7. The van der Waals surface area contributed by atoms with Crippen LogP contribution in [0.5, 0.6) is 5.75 Å². The molecule has 3 aliphatic rings. The molecule has 180 valence electrons. The van der Waals surface area contributed by atoms with Gasteiger partial charge in [0.2, 0.25) is 11.9 Å². The molecular weight excluding hydrogens is 454 g/mol. The fraction of sp³-hybridized carbons (Fsp3) is 0.458. The summed E-state index contributed by atoms with van der Waals surface area (Å²) in [5, 5.41) is 10.5. The van der Waals surface area contributed by atoms with Crippen molar-refractivity contribution in [2.24, 2.45) is 23.5 Å². The number of hydrogen-bond donors (Lipinski definition) is 4. The maximum Gasteiger partial charge on any atom is 0.229 e. The summed E-state index contributed by atoms with van der Waals surface area (Å²) in [6, 6.07) is 3.99. The highest BCUT2D eigenvalue weighted by Crippen LogP contribution is 2.45. The molecule has 1 amide bonds. The number of fused-ring (bicyclic) bond motifs is 3. The Kier molecular flexibility index (Phi) is 6.22. The van der Waals surface area contributed by atoms with Crippen LogP contribution in [0.4, 0.5) is 23.1 Å². The van der Waals surface area contributed by atoms with Crippen molar-refractivity contribution < 1.29 is 9.53 Å². The Bertz CT molecular complexity index is 1120. The number of rotatable bonds is 7. The zero-order valence-electron chi connectivity index (χ0n) is 19.3. The van der Waals surface area contributed by atoms with Gasteiger partial charge in [-0.05, 0) is 42.9 Å². The molecule has 2 aromatic rings. The zero-order chi connectivity index (χ0) is 23.8. The molecule has 2 heterocycles. The first-order chi connectivity index (χ1) is 16.5. The van der Waals surface area contributed by atoms with Gasteiger partial charge in [-0.25, -0.2) is 4.98 Å². The summed E-state index contributed by atoms with van der Waals surface area (Å²) in [4.78, 5) is 23.4. The average Bonchev–Trinajstić information content (AvgIpc) is 3.37. The summed E-state index contributed by atoms with van der Waals surface area (Å²) >= 11 is 6.43. The van der Waals surface area contributed by atoms with E-state index in [1.165, 1.54) is 5.56 Å². The summed E-state index contributed by atoms with van der Waals surface area (Å²) in [6.07, 6.45) is 6.70. The number of carbonyl (C=O) groups is 1. The van der Waals surface area contributed by atoms with Gasteiger partial charge in [0, 0.05) is 37.9 Å². The third-order valence-electron chi connectivity index (χ3n) is 7.08. The number of methoxy groups -OCH3 is 1. The normalized spacial score (nSPS) is 25.1. The van der Waals surface area contributed by atoms with Gasteiger partial charge >= 0.3 is 0 Å². The van der Waals surface area contributed by atoms with Crippen LogP contribution >= 0.6 is 11.6 Å². The van der Waals surface area contributed by atoms with Crippen LogP contribution in [0.25, 0.3) is 0 Å². The molecule has 2 aliphatic carbocycles. The van der Waals surface area contributed by atoms with Crippen molar-refractivity contribution in [3.8, 4) is 5.75 Å². The van der Waals surface area contributed by atoms with E-state index in [4.69, 9.17) is 22.1 Å². The lowest BCUT2D eigenvalue weighted by molar-refractivity contribution is -0.122. The van der Waals surface area contributed by atoms with E-state index in [1.54, 1.807) is 13.3 Å². The molecule has 0 unspecified atom stereocenters. The van der Waals surface area contributed by atoms with E-state index in [1.807, 2.05) is 6.07 Å². The molecule has 1 aromatic heterocycles. The van der Waals surface area contributed by atoms with Gasteiger partial charge < -0.3 is 31.3 Å². The second-order valence-electron chi connectivity index (χ2n) is 9.00. The van der Waals surface area contributed by atoms with E-state index in [-0.39, 0.29) is 29.7 Å². The molecule has 0 spiro atoms. The van der Waals surface area contributed by atoms with E-state index in [2.05, 4.69) is 56.0 Å². The Morgan fingerprint density at radius 2 is 2.18 bits per heavy atom. The molecule has 1 aromatic carbocycles. The van der Waals surface area contributed by atoms with Crippen LogP contribution in [-0.2, 0) is 11.3 Å². The van der Waals surface area contributed by atoms with Crippen molar-refractivity contribution in [2.45, 2.75) is 25.9 Å². The number of nitrogens with zero attached hydrogens (tertiary/aromatic N) is 3. The third-order valence-corrected chi connectivity index (χ3v) is 7.36. The lowest BCUT2D eigenvalue weighted by Crippen LogP contribution is -2.41. The fourth-order valence-electron chi connectivity index (χ4n) is 5.41. The molecule has 1 saturated carbocycles. The number of aromatic nitrogens is 2. The summed E-state index contributed by atoms with van der Waals surface area (Å²) in [7, 11) is 1.65. The third kappa shape index (κ3) is 4.14. The first kappa shape index (κ1) is 22.7. The van der Waals surface area contributed by atoms with Gasteiger partial charge in [-0.2, -0.15) is 4.98 Å². The number of hydrogen-bond acceptors (Lipinski definition) is 8. The number of carbonyl (C=O) groups excluding carboxylic acids is 1. The minimum absolute atomic E-state index is 0.139. The maximum absolute atomic E-state index is 12.1. The van der Waals surface area contributed by atoms with Crippen LogP contribution in [0.1, 0.15) is 18.9 Å². The summed E-state index contributed by atoms with van der Waals surface area (Å²) < 4.78 is 5.66. The average molecular weight is 484 g/mol. The number of amides is 1. The van der Waals surface area contributed by atoms with Crippen LogP contribution in [0, 0.1) is 17.8 Å². The number of benzene rings is 1. The van der Waals surface area contributed by atoms with Gasteiger partial charge in [0.15, 0.2) is 5.82 Å². The number of nitrogens with one attached hydrogen (secondary N) is 3. The number of primary amides is 1. The molecule has 1 fully saturated rings. The predicted octanol–water partition coefficient (Wildman–Crippen LogP) is 2.90. The van der Waals surface area contributed by atoms with Crippen molar-refractivity contribution in [3.63, 3.8) is 0 Å². The van der Waals surface area contributed by atoms with Crippen LogP contribution in [-0.4, -0.2) is 48.7 Å². The number of halogens is 1. The first-order valence-corrected chi connectivity index (χ1v) is 12.1. The van der Waals surface area contributed by atoms with Crippen molar-refractivity contribution in [1.82, 2.24) is 15.3 Å². The fourth-order valence-corrected chi connectivity index (χ4v) is 5.56. The minimum atomic E-state index is -0.303. The summed E-state index contributed by atoms with van der Waals surface area (Å²) in [5.74, 6) is 1.37. The molecule has 34 heavy (non-hydrogen) atoms. The lowest BCUT2D eigenvalue weighted by atomic mass is 9.88. The molecule has 9 nitrogen and oxygen atoms in total. The molecule has 0 radical (unpaired) electrons. The Morgan fingerprint density at radius 3 is 2.94 bits per heavy atom. The van der Waals surface area contributed by atoms with E-state index in [0.29, 0.717) is 22.5 Å². The van der Waals surface area contributed by atoms with Crippen LogP contribution < -0.4 is 31.3 Å². The minimum Gasteiger partial charge on any atom is -0.495 e. The standard InChI is InChI=1S/C24H30ClN7O2/c1-3-32-7-6-27-11-15-9-19(34-2)17(10-18(15)32)29-24-28-12-16(25)23(31-24)30-21-14-5-4-13(8-14)20(21)22(26)33/h4-5,9-10,12-14,20-21,27H,3,6-8,11H2,1-2H3,(H2,26,33)(H2,28,29,30,31)/t13-,14+,20+,21-/m1/s1. The zero-order valence-corrected chi connectivity index (χ0v) is 20.1. The monoisotopic (exact) mass is 483 g/mol. The molecule has 2 bridgehead atoms. The molecule has 4 atom stereocenters. The molecular formula is C24H30ClN7O2. The molecule has 5 rings (SSSR count). The van der Waals surface area contributed by atoms with Gasteiger partial charge in [0.25, 0.3) is 0 Å². The molecule has 5 N–H and O–H groups in total. The lowest BCUT2D eigenvalue weighted by Gasteiger charge is -2.27. The molecule has 10 heteroatoms. The molecule has 0 saturated heterocycles. The van der Waals surface area contributed by atoms with Crippen molar-refractivity contribution in [1.29, 1.82) is 0 Å². The van der Waals surface area contributed by atoms with Crippen molar-refractivity contribution in [2.75, 3.05) is 42.3 Å². The number of anilines is 4. The quantitative estimate of drug-likeness (QED) is 0.444. The summed E-state index contributed by atoms with van der Waals surface area (Å²) in [5.41, 5.74) is 8.81. The highest BCUT2D eigenvalue weighted by atomic mass is 35.5. The van der Waals surface area contributed by atoms with E-state index >= 15 is 0 Å². The van der Waals surface area contributed by atoms with Crippen molar-refractivity contribution >= 4 is 40.6 Å². The number of ether oxygens (including phenoxy) is 1. The van der Waals surface area contributed by atoms with Crippen LogP contribution in [0.15, 0.2) is 30.5 Å². The highest BCUT2D eigenvalue weighted by molar-refractivity contribution is 6.32. The van der Waals surface area contributed by atoms with Crippen LogP contribution in [0.2, 0.25) is 5.02 Å². The number of nitrogens with two attached hydrogens (primary N) is 1. The largest absolute Gasteiger partial charge is 0.495 e. The van der Waals surface area contributed by atoms with Gasteiger partial charge in [-0.15, -0.1) is 0 Å². The van der Waals surface area contributed by atoms with E-state index in [0.717, 1.165) is 44.0 Å². The highest BCUT2D eigenvalue weighted by Gasteiger charge is 2.47. The van der Waals surface area contributed by atoms with Crippen LogP contribution in [0.3, 0.4) is 0 Å². The van der Waals surface area contributed by atoms with Gasteiger partial charge in [0.1, 0.15) is 10.8 Å². The topological polar surface area (TPSA) is 117 Å². The Labute approximate surface area is 204 Å². The van der Waals surface area contributed by atoms with E-state index < -0.39 is 0 Å². The Balaban J connectivity index is 1.43. The summed E-state index contributed by atoms with van der Waals surface area (Å²) in [6.45, 7) is 5.70.